The molecule has 1 aromatic carbocycles. The van der Waals surface area contributed by atoms with Crippen LogP contribution in [-0.4, -0.2) is 16.9 Å². The quantitative estimate of drug-likeness (QED) is 0.609. The van der Waals surface area contributed by atoms with Gasteiger partial charge in [0.15, 0.2) is 0 Å². The van der Waals surface area contributed by atoms with E-state index in [-0.39, 0.29) is 11.8 Å². The van der Waals surface area contributed by atoms with Crippen molar-refractivity contribution >= 4 is 56.6 Å². The first kappa shape index (κ1) is 13.4. The fraction of sp³-hybridized carbons (Fsp3) is 0.154. The van der Waals surface area contributed by atoms with Gasteiger partial charge in [-0.25, -0.2) is 0 Å². The number of rotatable bonds is 1. The zero-order valence-corrected chi connectivity index (χ0v) is 14.4. The Morgan fingerprint density at radius 2 is 2.11 bits per heavy atom. The second kappa shape index (κ2) is 5.06. The molecule has 4 nitrogen and oxygen atoms in total. The molecule has 1 aliphatic carbocycles. The van der Waals surface area contributed by atoms with Crippen LogP contribution in [0.3, 0.4) is 0 Å². The number of hydrogen-bond donors (Lipinski definition) is 2. The lowest BCUT2D eigenvalue weighted by molar-refractivity contribution is 0.467. The van der Waals surface area contributed by atoms with Crippen LogP contribution < -0.4 is 10.5 Å². The highest BCUT2D eigenvalue weighted by Gasteiger charge is 2.27. The van der Waals surface area contributed by atoms with Crippen LogP contribution in [0.1, 0.15) is 5.56 Å². The Balaban J connectivity index is 1.99. The number of anilines is 1. The molecule has 0 fully saturated rings. The molecule has 3 rings (SSSR count). The minimum Gasteiger partial charge on any atom is -0.505 e. The Morgan fingerprint density at radius 3 is 2.89 bits per heavy atom. The maximum absolute atomic E-state index is 10.2. The third-order valence-electron chi connectivity index (χ3n) is 3.01. The molecule has 1 aromatic rings. The van der Waals surface area contributed by atoms with Gasteiger partial charge < -0.3 is 5.11 Å². The van der Waals surface area contributed by atoms with Crippen molar-refractivity contribution in [3.05, 3.63) is 43.1 Å². The molecule has 0 aromatic heterocycles. The van der Waals surface area contributed by atoms with Gasteiger partial charge in [-0.1, -0.05) is 0 Å². The number of hydrazine groups is 1. The van der Waals surface area contributed by atoms with Gasteiger partial charge in [0, 0.05) is 7.15 Å². The first-order chi connectivity index (χ1) is 9.04. The van der Waals surface area contributed by atoms with E-state index >= 15 is 0 Å². The number of hydrazone groups is 1. The average Bonchev–Trinajstić information content (AvgIpc) is 2.76. The summed E-state index contributed by atoms with van der Waals surface area (Å²) in [7, 11) is 0. The molecule has 0 saturated carbocycles. The molecular formula is C13H11I2N3O. The largest absolute Gasteiger partial charge is 0.505 e. The number of hydrogen-bond acceptors (Lipinski definition) is 4. The molecule has 2 aliphatic rings. The van der Waals surface area contributed by atoms with E-state index in [0.717, 1.165) is 14.8 Å². The van der Waals surface area contributed by atoms with Gasteiger partial charge in [-0.3, -0.25) is 0 Å². The molecule has 6 heteroatoms. The van der Waals surface area contributed by atoms with Crippen molar-refractivity contribution in [3.63, 3.8) is 0 Å². The normalized spacial score (nSPS) is 21.2. The summed E-state index contributed by atoms with van der Waals surface area (Å²) in [5.74, 6) is 0.263. The number of allylic oxidation sites excluding steroid dienone is 2. The van der Waals surface area contributed by atoms with Gasteiger partial charge in [0.05, 0.1) is 11.8 Å². The Labute approximate surface area is 138 Å². The fourth-order valence-corrected chi connectivity index (χ4v) is 3.35. The van der Waals surface area contributed by atoms with Gasteiger partial charge in [0.1, 0.15) is 11.4 Å². The molecule has 1 aliphatic heterocycles. The second-order valence-electron chi connectivity index (χ2n) is 4.42. The Kier molecular flexibility index (Phi) is 3.56. The summed E-state index contributed by atoms with van der Waals surface area (Å²) in [5.41, 5.74) is 5.75. The van der Waals surface area contributed by atoms with E-state index < -0.39 is 0 Å². The number of fused-ring (bicyclic) bond motifs is 1. The topological polar surface area (TPSA) is 47.9 Å². The lowest BCUT2D eigenvalue weighted by atomic mass is 10.1. The van der Waals surface area contributed by atoms with Crippen molar-refractivity contribution in [2.24, 2.45) is 5.10 Å². The number of halogens is 2. The number of phenols is 1. The highest BCUT2D eigenvalue weighted by Crippen LogP contribution is 2.34. The Morgan fingerprint density at radius 1 is 1.32 bits per heavy atom. The lowest BCUT2D eigenvalue weighted by Gasteiger charge is -2.19. The standard InChI is InChI=1S/C13H11I2N3O/c1-7-4-9(15)6-12(13(7)19)18-16-10-3-2-8(14)5-11(10)17-18/h2-6,11,17,19H,1H3. The van der Waals surface area contributed by atoms with E-state index in [1.54, 1.807) is 5.12 Å². The predicted molar refractivity (Wildman–Crippen MR) is 93.6 cm³/mol. The minimum absolute atomic E-state index is 0.0782. The minimum atomic E-state index is 0.0782. The third kappa shape index (κ3) is 2.52. The summed E-state index contributed by atoms with van der Waals surface area (Å²) < 4.78 is 2.25. The van der Waals surface area contributed by atoms with Crippen LogP contribution in [0.25, 0.3) is 0 Å². The number of benzene rings is 1. The number of phenolic OH excluding ortho intramolecular Hbond substituents is 1. The number of nitrogens with zero attached hydrogens (tertiary/aromatic N) is 2. The summed E-state index contributed by atoms with van der Waals surface area (Å²) in [6, 6.07) is 3.93. The van der Waals surface area contributed by atoms with Crippen LogP contribution in [0.15, 0.2) is 39.0 Å². The van der Waals surface area contributed by atoms with Gasteiger partial charge in [-0.2, -0.15) is 15.6 Å². The maximum Gasteiger partial charge on any atom is 0.145 e. The average molecular weight is 479 g/mol. The van der Waals surface area contributed by atoms with Crippen molar-refractivity contribution in [1.29, 1.82) is 0 Å². The van der Waals surface area contributed by atoms with Crippen LogP contribution in [0, 0.1) is 10.5 Å². The second-order valence-corrected chi connectivity index (χ2v) is 6.91. The van der Waals surface area contributed by atoms with Gasteiger partial charge in [0.25, 0.3) is 0 Å². The van der Waals surface area contributed by atoms with Crippen LogP contribution in [0.5, 0.6) is 5.75 Å². The van der Waals surface area contributed by atoms with Crippen molar-refractivity contribution < 1.29 is 5.11 Å². The van der Waals surface area contributed by atoms with Crippen LogP contribution in [0.4, 0.5) is 5.69 Å². The van der Waals surface area contributed by atoms with Crippen molar-refractivity contribution in [2.45, 2.75) is 13.0 Å². The molecule has 0 saturated heterocycles. The van der Waals surface area contributed by atoms with Crippen LogP contribution in [-0.2, 0) is 0 Å². The van der Waals surface area contributed by atoms with E-state index in [2.05, 4.69) is 61.8 Å². The van der Waals surface area contributed by atoms with Crippen molar-refractivity contribution in [1.82, 2.24) is 5.43 Å². The van der Waals surface area contributed by atoms with E-state index in [0.29, 0.717) is 5.69 Å². The zero-order chi connectivity index (χ0) is 13.6. The molecule has 98 valence electrons. The molecule has 19 heavy (non-hydrogen) atoms. The maximum atomic E-state index is 10.2. The van der Waals surface area contributed by atoms with Gasteiger partial charge >= 0.3 is 0 Å². The Bertz CT molecular complexity index is 637. The summed E-state index contributed by atoms with van der Waals surface area (Å²) >= 11 is 4.52. The van der Waals surface area contributed by atoms with Gasteiger partial charge in [0.2, 0.25) is 0 Å². The lowest BCUT2D eigenvalue weighted by Crippen LogP contribution is -2.37. The number of aromatic hydroxyl groups is 1. The third-order valence-corrected chi connectivity index (χ3v) is 4.35. The first-order valence-corrected chi connectivity index (χ1v) is 7.89. The molecule has 0 amide bonds. The zero-order valence-electron chi connectivity index (χ0n) is 10.1. The SMILES string of the molecule is Cc1cc(I)cc(N2N=C3C=CC(I)=CC3N2)c1O. The van der Waals surface area contributed by atoms with E-state index in [1.807, 2.05) is 31.2 Å². The Hall–Kier alpha value is -0.610. The molecule has 0 spiro atoms. The van der Waals surface area contributed by atoms with Gasteiger partial charge in [-0.05, 0) is 88.0 Å². The molecule has 0 bridgehead atoms. The van der Waals surface area contributed by atoms with Gasteiger partial charge in [-0.15, -0.1) is 0 Å². The summed E-state index contributed by atoms with van der Waals surface area (Å²) in [6.45, 7) is 1.89. The highest BCUT2D eigenvalue weighted by atomic mass is 127. The highest BCUT2D eigenvalue weighted by molar-refractivity contribution is 14.1. The summed E-state index contributed by atoms with van der Waals surface area (Å²) in [6.07, 6.45) is 6.13. The van der Waals surface area contributed by atoms with Crippen molar-refractivity contribution in [2.75, 3.05) is 5.12 Å². The predicted octanol–water partition coefficient (Wildman–Crippen LogP) is 3.24. The van der Waals surface area contributed by atoms with Crippen LogP contribution in [0.2, 0.25) is 0 Å². The number of nitrogens with one attached hydrogen (secondary N) is 1. The van der Waals surface area contributed by atoms with E-state index in [9.17, 15) is 5.11 Å². The molecule has 1 atom stereocenters. The molecular weight excluding hydrogens is 468 g/mol. The monoisotopic (exact) mass is 479 g/mol. The fourth-order valence-electron chi connectivity index (χ4n) is 2.05. The smallest absolute Gasteiger partial charge is 0.145 e. The number of aryl methyl sites for hydroxylation is 1. The van der Waals surface area contributed by atoms with Crippen molar-refractivity contribution in [3.8, 4) is 5.75 Å². The summed E-state index contributed by atoms with van der Waals surface area (Å²) in [5, 5.41) is 16.3. The first-order valence-electron chi connectivity index (χ1n) is 5.74. The molecule has 2 N–H and O–H groups in total. The summed E-state index contributed by atoms with van der Waals surface area (Å²) in [4.78, 5) is 0. The molecule has 1 heterocycles. The van der Waals surface area contributed by atoms with E-state index in [1.165, 1.54) is 3.58 Å². The van der Waals surface area contributed by atoms with E-state index in [4.69, 9.17) is 0 Å². The molecule has 1 unspecified atom stereocenters. The molecule has 0 radical (unpaired) electrons. The van der Waals surface area contributed by atoms with Crippen LogP contribution >= 0.6 is 45.2 Å².